The molecule has 2 aromatic carbocycles. The van der Waals surface area contributed by atoms with Crippen molar-refractivity contribution >= 4 is 33.3 Å². The van der Waals surface area contributed by atoms with Crippen molar-refractivity contribution in [1.29, 1.82) is 0 Å². The van der Waals surface area contributed by atoms with E-state index in [9.17, 15) is 0 Å². The number of hydrogen-bond acceptors (Lipinski definition) is 5. The van der Waals surface area contributed by atoms with Gasteiger partial charge in [-0.05, 0) is 42.0 Å². The molecule has 0 radical (unpaired) electrons. The average molecular weight is 385 g/mol. The Morgan fingerprint density at radius 2 is 1.85 bits per heavy atom. The lowest BCUT2D eigenvalue weighted by atomic mass is 9.82. The fourth-order valence-electron chi connectivity index (χ4n) is 3.76. The highest BCUT2D eigenvalue weighted by molar-refractivity contribution is 8.00. The summed E-state index contributed by atoms with van der Waals surface area (Å²) in [4.78, 5) is 10.1. The van der Waals surface area contributed by atoms with E-state index in [0.29, 0.717) is 5.92 Å². The van der Waals surface area contributed by atoms with Crippen LogP contribution in [0.1, 0.15) is 49.3 Å². The van der Waals surface area contributed by atoms with Crippen LogP contribution in [-0.2, 0) is 10.6 Å². The Morgan fingerprint density at radius 1 is 1.08 bits per heavy atom. The summed E-state index contributed by atoms with van der Waals surface area (Å²) >= 11 is 3.56. The van der Waals surface area contributed by atoms with Gasteiger partial charge in [0.1, 0.15) is 6.10 Å². The van der Waals surface area contributed by atoms with Crippen LogP contribution in [0.15, 0.2) is 52.9 Å². The SMILES string of the molecule is NOC(c1ccc(CSc2nc3ccccc3s2)cc1)C1CCCCC1. The average Bonchev–Trinajstić information content (AvgIpc) is 3.12. The number of thiazole rings is 1. The van der Waals surface area contributed by atoms with Crippen LogP contribution in [0.3, 0.4) is 0 Å². The monoisotopic (exact) mass is 384 g/mol. The van der Waals surface area contributed by atoms with Crippen LogP contribution in [0.5, 0.6) is 0 Å². The van der Waals surface area contributed by atoms with E-state index in [2.05, 4.69) is 42.5 Å². The first-order valence-electron chi connectivity index (χ1n) is 9.26. The van der Waals surface area contributed by atoms with E-state index >= 15 is 0 Å². The van der Waals surface area contributed by atoms with E-state index in [-0.39, 0.29) is 6.10 Å². The van der Waals surface area contributed by atoms with Crippen molar-refractivity contribution in [2.24, 2.45) is 11.8 Å². The summed E-state index contributed by atoms with van der Waals surface area (Å²) in [7, 11) is 0. The number of aromatic nitrogens is 1. The molecular weight excluding hydrogens is 360 g/mol. The second-order valence-electron chi connectivity index (χ2n) is 6.93. The van der Waals surface area contributed by atoms with Gasteiger partial charge in [-0.15, -0.1) is 11.3 Å². The molecule has 0 aliphatic heterocycles. The van der Waals surface area contributed by atoms with Gasteiger partial charge in [-0.25, -0.2) is 10.9 Å². The van der Waals surface area contributed by atoms with Crippen LogP contribution in [0.25, 0.3) is 10.2 Å². The maximum absolute atomic E-state index is 5.63. The van der Waals surface area contributed by atoms with Gasteiger partial charge >= 0.3 is 0 Å². The molecule has 26 heavy (non-hydrogen) atoms. The topological polar surface area (TPSA) is 48.1 Å². The molecule has 3 aromatic rings. The van der Waals surface area contributed by atoms with E-state index in [1.54, 1.807) is 23.1 Å². The third kappa shape index (κ3) is 4.12. The second kappa shape index (κ2) is 8.53. The zero-order valence-corrected chi connectivity index (χ0v) is 16.4. The molecule has 0 spiro atoms. The lowest BCUT2D eigenvalue weighted by Gasteiger charge is -2.28. The van der Waals surface area contributed by atoms with Crippen LogP contribution in [-0.4, -0.2) is 4.98 Å². The summed E-state index contributed by atoms with van der Waals surface area (Å²) in [5.74, 6) is 7.12. The van der Waals surface area contributed by atoms with Crippen LogP contribution in [0, 0.1) is 5.92 Å². The molecule has 4 rings (SSSR count). The molecule has 1 fully saturated rings. The Balaban J connectivity index is 1.40. The Bertz CT molecular complexity index is 808. The second-order valence-corrected chi connectivity index (χ2v) is 9.19. The van der Waals surface area contributed by atoms with Crippen LogP contribution in [0.4, 0.5) is 0 Å². The number of hydrogen-bond donors (Lipinski definition) is 1. The number of rotatable bonds is 6. The summed E-state index contributed by atoms with van der Waals surface area (Å²) in [6.45, 7) is 0. The number of fused-ring (bicyclic) bond motifs is 1. The van der Waals surface area contributed by atoms with Crippen molar-refractivity contribution in [3.63, 3.8) is 0 Å². The zero-order chi connectivity index (χ0) is 17.8. The first-order chi connectivity index (χ1) is 12.8. The Morgan fingerprint density at radius 3 is 2.58 bits per heavy atom. The van der Waals surface area contributed by atoms with Gasteiger partial charge in [0.25, 0.3) is 0 Å². The van der Waals surface area contributed by atoms with E-state index in [4.69, 9.17) is 15.7 Å². The fourth-order valence-corrected chi connectivity index (χ4v) is 5.78. The standard InChI is InChI=1S/C21H24N2OS2/c22-24-20(16-6-2-1-3-7-16)17-12-10-15(11-13-17)14-25-21-23-18-8-4-5-9-19(18)26-21/h4-5,8-13,16,20H,1-3,6-7,14,22H2. The van der Waals surface area contributed by atoms with E-state index in [0.717, 1.165) is 15.6 Å². The maximum Gasteiger partial charge on any atom is 0.151 e. The molecule has 1 heterocycles. The predicted octanol–water partition coefficient (Wildman–Crippen LogP) is 6.10. The molecule has 1 atom stereocenters. The first-order valence-corrected chi connectivity index (χ1v) is 11.1. The van der Waals surface area contributed by atoms with Gasteiger partial charge in [-0.3, -0.25) is 4.84 Å². The largest absolute Gasteiger partial charge is 0.296 e. The van der Waals surface area contributed by atoms with E-state index in [1.807, 2.05) is 6.07 Å². The van der Waals surface area contributed by atoms with Gasteiger partial charge in [0, 0.05) is 5.75 Å². The number of thioether (sulfide) groups is 1. The molecule has 1 aliphatic carbocycles. The zero-order valence-electron chi connectivity index (χ0n) is 14.8. The summed E-state index contributed by atoms with van der Waals surface area (Å²) in [5, 5.41) is 0. The van der Waals surface area contributed by atoms with Gasteiger partial charge in [0.05, 0.1) is 10.2 Å². The summed E-state index contributed by atoms with van der Waals surface area (Å²) < 4.78 is 2.38. The minimum absolute atomic E-state index is 0.0289. The molecule has 5 heteroatoms. The molecule has 1 aromatic heterocycles. The van der Waals surface area contributed by atoms with Crippen molar-refractivity contribution < 1.29 is 4.84 Å². The van der Waals surface area contributed by atoms with Gasteiger partial charge in [0.15, 0.2) is 4.34 Å². The molecule has 1 aliphatic rings. The molecule has 3 nitrogen and oxygen atoms in total. The van der Waals surface area contributed by atoms with Gasteiger partial charge in [0.2, 0.25) is 0 Å². The Kier molecular flexibility index (Phi) is 5.90. The maximum atomic E-state index is 5.63. The van der Waals surface area contributed by atoms with Crippen molar-refractivity contribution in [2.75, 3.05) is 0 Å². The third-order valence-corrected chi connectivity index (χ3v) is 7.42. The molecule has 1 saturated carbocycles. The first kappa shape index (κ1) is 18.0. The Hall–Kier alpha value is -1.40. The van der Waals surface area contributed by atoms with Crippen molar-refractivity contribution in [2.45, 2.75) is 48.3 Å². The highest BCUT2D eigenvalue weighted by atomic mass is 32.2. The predicted molar refractivity (Wildman–Crippen MR) is 110 cm³/mol. The number of nitrogens with two attached hydrogens (primary N) is 1. The van der Waals surface area contributed by atoms with Gasteiger partial charge in [-0.1, -0.05) is 67.4 Å². The molecular formula is C21H24N2OS2. The highest BCUT2D eigenvalue weighted by Gasteiger charge is 2.25. The fraction of sp³-hybridized carbons (Fsp3) is 0.381. The van der Waals surface area contributed by atoms with Crippen LogP contribution < -0.4 is 5.90 Å². The minimum atomic E-state index is 0.0289. The number of benzene rings is 2. The van der Waals surface area contributed by atoms with Crippen LogP contribution in [0.2, 0.25) is 0 Å². The molecule has 0 saturated heterocycles. The summed E-state index contributed by atoms with van der Waals surface area (Å²) in [5.41, 5.74) is 3.59. The quantitative estimate of drug-likeness (QED) is 0.412. The normalized spacial score (nSPS) is 16.8. The lowest BCUT2D eigenvalue weighted by molar-refractivity contribution is -0.00276. The molecule has 2 N–H and O–H groups in total. The Labute approximate surface area is 162 Å². The van der Waals surface area contributed by atoms with E-state index in [1.165, 1.54) is 47.9 Å². The molecule has 136 valence electrons. The number of para-hydroxylation sites is 1. The van der Waals surface area contributed by atoms with Gasteiger partial charge in [-0.2, -0.15) is 0 Å². The summed E-state index contributed by atoms with van der Waals surface area (Å²) in [6, 6.07) is 17.1. The molecule has 0 bridgehead atoms. The van der Waals surface area contributed by atoms with E-state index < -0.39 is 0 Å². The smallest absolute Gasteiger partial charge is 0.151 e. The van der Waals surface area contributed by atoms with Crippen molar-refractivity contribution in [3.8, 4) is 0 Å². The van der Waals surface area contributed by atoms with Gasteiger partial charge < -0.3 is 0 Å². The lowest BCUT2D eigenvalue weighted by Crippen LogP contribution is -2.21. The van der Waals surface area contributed by atoms with Crippen molar-refractivity contribution in [3.05, 3.63) is 59.7 Å². The summed E-state index contributed by atoms with van der Waals surface area (Å²) in [6.07, 6.45) is 6.40. The highest BCUT2D eigenvalue weighted by Crippen LogP contribution is 2.36. The van der Waals surface area contributed by atoms with Crippen LogP contribution >= 0.6 is 23.1 Å². The third-order valence-electron chi connectivity index (χ3n) is 5.17. The minimum Gasteiger partial charge on any atom is -0.296 e. The molecule has 0 amide bonds. The number of nitrogens with zero attached hydrogens (tertiary/aromatic N) is 1. The molecule has 1 unspecified atom stereocenters. The van der Waals surface area contributed by atoms with Crippen molar-refractivity contribution in [1.82, 2.24) is 4.98 Å².